The molecule has 1 N–H and O–H groups in total. The summed E-state index contributed by atoms with van der Waals surface area (Å²) in [6.07, 6.45) is 1.55. The summed E-state index contributed by atoms with van der Waals surface area (Å²) in [4.78, 5) is 0. The van der Waals surface area contributed by atoms with E-state index >= 15 is 0 Å². The first-order chi connectivity index (χ1) is 6.91. The second-order valence-corrected chi connectivity index (χ2v) is 5.16. The predicted octanol–water partition coefficient (Wildman–Crippen LogP) is 2.44. The van der Waals surface area contributed by atoms with Crippen molar-refractivity contribution in [3.63, 3.8) is 0 Å². The fourth-order valence-corrected chi connectivity index (χ4v) is 2.40. The van der Waals surface area contributed by atoms with Crippen LogP contribution in [0.2, 0.25) is 0 Å². The van der Waals surface area contributed by atoms with Gasteiger partial charge >= 0.3 is 0 Å². The molecule has 1 aromatic heterocycles. The van der Waals surface area contributed by atoms with Gasteiger partial charge in [0.15, 0.2) is 0 Å². The van der Waals surface area contributed by atoms with E-state index in [4.69, 9.17) is 0 Å². The zero-order valence-corrected chi connectivity index (χ0v) is 11.4. The van der Waals surface area contributed by atoms with E-state index in [2.05, 4.69) is 28.0 Å². The summed E-state index contributed by atoms with van der Waals surface area (Å²) in [5.41, 5.74) is 2.23. The molecule has 0 aromatic carbocycles. The summed E-state index contributed by atoms with van der Waals surface area (Å²) in [6.45, 7) is 5.98. The van der Waals surface area contributed by atoms with E-state index in [-0.39, 0.29) is 6.10 Å². The van der Waals surface area contributed by atoms with Gasteiger partial charge in [-0.1, -0.05) is 6.92 Å². The molecule has 1 aromatic rings. The molecule has 0 aliphatic rings. The molecule has 4 heteroatoms. The van der Waals surface area contributed by atoms with E-state index in [1.165, 1.54) is 5.69 Å². The van der Waals surface area contributed by atoms with Gasteiger partial charge < -0.3 is 5.11 Å². The van der Waals surface area contributed by atoms with Gasteiger partial charge in [-0.05, 0) is 48.5 Å². The van der Waals surface area contributed by atoms with Gasteiger partial charge in [-0.25, -0.2) is 0 Å². The zero-order valence-electron chi connectivity index (χ0n) is 9.79. The molecule has 86 valence electrons. The first-order valence-corrected chi connectivity index (χ1v) is 6.07. The van der Waals surface area contributed by atoms with E-state index in [1.54, 1.807) is 0 Å². The van der Waals surface area contributed by atoms with Crippen LogP contribution in [0, 0.1) is 12.8 Å². The van der Waals surface area contributed by atoms with Gasteiger partial charge in [-0.2, -0.15) is 5.10 Å². The minimum Gasteiger partial charge on any atom is -0.393 e. The SMILES string of the molecule is Cc1nn(C)c(CC(C)CC(C)O)c1Br. The largest absolute Gasteiger partial charge is 0.393 e. The van der Waals surface area contributed by atoms with Crippen LogP contribution in [0.5, 0.6) is 0 Å². The van der Waals surface area contributed by atoms with Crippen molar-refractivity contribution >= 4 is 15.9 Å². The van der Waals surface area contributed by atoms with Crippen LogP contribution in [-0.2, 0) is 13.5 Å². The molecule has 2 atom stereocenters. The maximum absolute atomic E-state index is 9.31. The summed E-state index contributed by atoms with van der Waals surface area (Å²) in [5.74, 6) is 0.469. The van der Waals surface area contributed by atoms with Crippen molar-refractivity contribution in [1.82, 2.24) is 9.78 Å². The number of aryl methyl sites for hydroxylation is 2. The van der Waals surface area contributed by atoms with E-state index in [9.17, 15) is 5.11 Å². The van der Waals surface area contributed by atoms with Crippen LogP contribution in [-0.4, -0.2) is 21.0 Å². The Bertz CT molecular complexity index is 334. The minimum absolute atomic E-state index is 0.229. The lowest BCUT2D eigenvalue weighted by molar-refractivity contribution is 0.163. The Kier molecular flexibility index (Phi) is 4.34. The van der Waals surface area contributed by atoms with Crippen LogP contribution in [0.4, 0.5) is 0 Å². The molecule has 15 heavy (non-hydrogen) atoms. The lowest BCUT2D eigenvalue weighted by Crippen LogP contribution is -2.11. The highest BCUT2D eigenvalue weighted by molar-refractivity contribution is 9.10. The minimum atomic E-state index is -0.229. The highest BCUT2D eigenvalue weighted by Crippen LogP contribution is 2.24. The van der Waals surface area contributed by atoms with Crippen LogP contribution < -0.4 is 0 Å². The molecule has 0 fully saturated rings. The molecular weight excluding hydrogens is 256 g/mol. The molecule has 3 nitrogen and oxygen atoms in total. The van der Waals surface area contributed by atoms with Crippen molar-refractivity contribution in [2.45, 2.75) is 39.7 Å². The van der Waals surface area contributed by atoms with Crippen molar-refractivity contribution < 1.29 is 5.11 Å². The normalized spacial score (nSPS) is 15.3. The Morgan fingerprint density at radius 1 is 1.47 bits per heavy atom. The summed E-state index contributed by atoms with van der Waals surface area (Å²) in [6, 6.07) is 0. The van der Waals surface area contributed by atoms with Crippen molar-refractivity contribution in [2.75, 3.05) is 0 Å². The van der Waals surface area contributed by atoms with Crippen LogP contribution in [0.25, 0.3) is 0 Å². The second kappa shape index (κ2) is 5.12. The number of halogens is 1. The molecule has 0 saturated carbocycles. The molecular formula is C11H19BrN2O. The van der Waals surface area contributed by atoms with Crippen LogP contribution >= 0.6 is 15.9 Å². The molecule has 2 unspecified atom stereocenters. The number of aliphatic hydroxyl groups excluding tert-OH is 1. The van der Waals surface area contributed by atoms with E-state index in [0.29, 0.717) is 5.92 Å². The summed E-state index contributed by atoms with van der Waals surface area (Å²) in [7, 11) is 1.96. The molecule has 0 radical (unpaired) electrons. The van der Waals surface area contributed by atoms with Crippen LogP contribution in [0.15, 0.2) is 4.47 Å². The van der Waals surface area contributed by atoms with Gasteiger partial charge in [0.2, 0.25) is 0 Å². The number of nitrogens with zero attached hydrogens (tertiary/aromatic N) is 2. The monoisotopic (exact) mass is 274 g/mol. The van der Waals surface area contributed by atoms with E-state index in [1.807, 2.05) is 25.6 Å². The topological polar surface area (TPSA) is 38.0 Å². The lowest BCUT2D eigenvalue weighted by atomic mass is 9.99. The molecule has 1 heterocycles. The Labute approximate surface area is 99.6 Å². The Morgan fingerprint density at radius 2 is 2.07 bits per heavy atom. The highest BCUT2D eigenvalue weighted by atomic mass is 79.9. The Hall–Kier alpha value is -0.350. The second-order valence-electron chi connectivity index (χ2n) is 4.36. The van der Waals surface area contributed by atoms with E-state index < -0.39 is 0 Å². The first kappa shape index (κ1) is 12.7. The number of hydrogen-bond acceptors (Lipinski definition) is 2. The van der Waals surface area contributed by atoms with Crippen LogP contribution in [0.3, 0.4) is 0 Å². The highest BCUT2D eigenvalue weighted by Gasteiger charge is 2.14. The average Bonchev–Trinajstić information content (AvgIpc) is 2.31. The molecule has 0 saturated heterocycles. The Balaban J connectivity index is 2.71. The number of hydrogen-bond donors (Lipinski definition) is 1. The predicted molar refractivity (Wildman–Crippen MR) is 64.8 cm³/mol. The van der Waals surface area contributed by atoms with Crippen molar-refractivity contribution in [3.05, 3.63) is 15.9 Å². The molecule has 0 bridgehead atoms. The fourth-order valence-electron chi connectivity index (χ4n) is 1.90. The van der Waals surface area contributed by atoms with Gasteiger partial charge in [0.25, 0.3) is 0 Å². The molecule has 0 amide bonds. The van der Waals surface area contributed by atoms with Crippen molar-refractivity contribution in [2.24, 2.45) is 13.0 Å². The third-order valence-electron chi connectivity index (χ3n) is 2.55. The standard InChI is InChI=1S/C11H19BrN2O/c1-7(5-8(2)15)6-10-11(12)9(3)13-14(10)4/h7-8,15H,5-6H2,1-4H3. The van der Waals surface area contributed by atoms with Gasteiger partial charge in [-0.3, -0.25) is 4.68 Å². The maximum atomic E-state index is 9.31. The van der Waals surface area contributed by atoms with Crippen molar-refractivity contribution in [3.8, 4) is 0 Å². The van der Waals surface area contributed by atoms with Gasteiger partial charge in [0.1, 0.15) is 0 Å². The number of rotatable bonds is 4. The molecule has 0 aliphatic carbocycles. The third kappa shape index (κ3) is 3.31. The average molecular weight is 275 g/mol. The zero-order chi connectivity index (χ0) is 11.6. The van der Waals surface area contributed by atoms with Gasteiger partial charge in [-0.15, -0.1) is 0 Å². The molecule has 0 aliphatic heterocycles. The Morgan fingerprint density at radius 3 is 2.47 bits per heavy atom. The first-order valence-electron chi connectivity index (χ1n) is 5.27. The summed E-state index contributed by atoms with van der Waals surface area (Å²) in [5, 5.41) is 13.7. The van der Waals surface area contributed by atoms with Gasteiger partial charge in [0.05, 0.1) is 22.0 Å². The maximum Gasteiger partial charge on any atom is 0.0738 e. The lowest BCUT2D eigenvalue weighted by Gasteiger charge is -2.13. The number of aliphatic hydroxyl groups is 1. The summed E-state index contributed by atoms with van der Waals surface area (Å²) >= 11 is 3.55. The quantitative estimate of drug-likeness (QED) is 0.916. The third-order valence-corrected chi connectivity index (χ3v) is 3.58. The molecule has 1 rings (SSSR count). The van der Waals surface area contributed by atoms with E-state index in [0.717, 1.165) is 23.0 Å². The number of aromatic nitrogens is 2. The molecule has 0 spiro atoms. The summed E-state index contributed by atoms with van der Waals surface area (Å²) < 4.78 is 3.01. The van der Waals surface area contributed by atoms with Crippen LogP contribution in [0.1, 0.15) is 31.7 Å². The fraction of sp³-hybridized carbons (Fsp3) is 0.727. The smallest absolute Gasteiger partial charge is 0.0738 e. The van der Waals surface area contributed by atoms with Crippen molar-refractivity contribution in [1.29, 1.82) is 0 Å². The van der Waals surface area contributed by atoms with Gasteiger partial charge in [0, 0.05) is 7.05 Å².